The Morgan fingerprint density at radius 2 is 2.20 bits per heavy atom. The predicted octanol–water partition coefficient (Wildman–Crippen LogP) is 0.903. The zero-order valence-electron chi connectivity index (χ0n) is 11.0. The van der Waals surface area contributed by atoms with Gasteiger partial charge in [-0.3, -0.25) is 14.9 Å². The average Bonchev–Trinajstić information content (AvgIpc) is 2.47. The first-order valence-electron chi connectivity index (χ1n) is 6.22. The number of hydrogen-bond donors (Lipinski definition) is 1. The molecule has 0 saturated carbocycles. The van der Waals surface area contributed by atoms with Crippen LogP contribution in [0.2, 0.25) is 0 Å². The van der Waals surface area contributed by atoms with E-state index in [-0.39, 0.29) is 23.2 Å². The van der Waals surface area contributed by atoms with Crippen molar-refractivity contribution in [3.63, 3.8) is 0 Å². The predicted molar refractivity (Wildman–Crippen MR) is 68.7 cm³/mol. The number of carbonyl (C=O) groups excluding carboxylic acids is 1. The smallest absolute Gasteiger partial charge is 0.330 e. The first-order valence-corrected chi connectivity index (χ1v) is 6.22. The minimum absolute atomic E-state index is 0.134. The molecular weight excluding hydrogens is 266 g/mol. The minimum atomic E-state index is -0.641. The first kappa shape index (κ1) is 14.2. The molecular formula is C12H15N3O5. The summed E-state index contributed by atoms with van der Waals surface area (Å²) in [6.07, 6.45) is 2.34. The van der Waals surface area contributed by atoms with E-state index in [0.717, 1.165) is 19.3 Å². The Morgan fingerprint density at radius 1 is 1.50 bits per heavy atom. The molecule has 1 N–H and O–H groups in total. The lowest BCUT2D eigenvalue weighted by molar-refractivity contribution is -0.386. The second-order valence-corrected chi connectivity index (χ2v) is 4.40. The molecule has 0 aromatic carbocycles. The summed E-state index contributed by atoms with van der Waals surface area (Å²) in [6.45, 7) is 1.48. The topological polar surface area (TPSA) is 104 Å². The van der Waals surface area contributed by atoms with Gasteiger partial charge in [-0.25, -0.2) is 4.98 Å². The Bertz CT molecular complexity index is 514. The Labute approximate surface area is 115 Å². The third kappa shape index (κ3) is 3.21. The van der Waals surface area contributed by atoms with Gasteiger partial charge in [0.25, 0.3) is 0 Å². The van der Waals surface area contributed by atoms with Gasteiger partial charge < -0.3 is 14.8 Å². The van der Waals surface area contributed by atoms with Crippen LogP contribution in [0.4, 0.5) is 5.69 Å². The Morgan fingerprint density at radius 3 is 2.80 bits per heavy atom. The molecule has 1 aliphatic heterocycles. The Kier molecular flexibility index (Phi) is 4.46. The van der Waals surface area contributed by atoms with Gasteiger partial charge in [-0.05, 0) is 25.9 Å². The van der Waals surface area contributed by atoms with E-state index in [1.165, 1.54) is 13.2 Å². The number of nitrogens with one attached hydrogen (secondary N) is 1. The van der Waals surface area contributed by atoms with Crippen molar-refractivity contribution in [2.75, 3.05) is 20.2 Å². The van der Waals surface area contributed by atoms with Crippen LogP contribution >= 0.6 is 0 Å². The van der Waals surface area contributed by atoms with Gasteiger partial charge in [-0.2, -0.15) is 0 Å². The standard InChI is InChI=1S/C12H15N3O5/c1-19-11-6-10(9(7-14-11)15(17)18)20-12(16)8-2-4-13-5-3-8/h6-8,13H,2-5H2,1H3. The van der Waals surface area contributed by atoms with Crippen LogP contribution in [0.1, 0.15) is 12.8 Å². The van der Waals surface area contributed by atoms with Crippen molar-refractivity contribution in [3.8, 4) is 11.6 Å². The van der Waals surface area contributed by atoms with Crippen molar-refractivity contribution in [1.29, 1.82) is 0 Å². The molecule has 0 radical (unpaired) electrons. The minimum Gasteiger partial charge on any atom is -0.481 e. The van der Waals surface area contributed by atoms with Gasteiger partial charge in [-0.15, -0.1) is 0 Å². The normalized spacial score (nSPS) is 15.7. The number of carbonyl (C=O) groups is 1. The lowest BCUT2D eigenvalue weighted by Gasteiger charge is -2.20. The lowest BCUT2D eigenvalue weighted by Crippen LogP contribution is -2.33. The largest absolute Gasteiger partial charge is 0.481 e. The third-order valence-corrected chi connectivity index (χ3v) is 3.11. The molecule has 1 aliphatic rings. The number of nitrogens with zero attached hydrogens (tertiary/aromatic N) is 2. The van der Waals surface area contributed by atoms with E-state index >= 15 is 0 Å². The zero-order chi connectivity index (χ0) is 14.5. The highest BCUT2D eigenvalue weighted by Gasteiger charge is 2.26. The summed E-state index contributed by atoms with van der Waals surface area (Å²) < 4.78 is 10.0. The van der Waals surface area contributed by atoms with E-state index in [1.807, 2.05) is 0 Å². The molecule has 2 rings (SSSR count). The number of esters is 1. The monoisotopic (exact) mass is 281 g/mol. The second kappa shape index (κ2) is 6.29. The third-order valence-electron chi connectivity index (χ3n) is 3.11. The number of aromatic nitrogens is 1. The van der Waals surface area contributed by atoms with Crippen LogP contribution in [0.25, 0.3) is 0 Å². The van der Waals surface area contributed by atoms with Crippen LogP contribution in [0.3, 0.4) is 0 Å². The fourth-order valence-electron chi connectivity index (χ4n) is 1.99. The molecule has 1 fully saturated rings. The Balaban J connectivity index is 2.17. The van der Waals surface area contributed by atoms with Gasteiger partial charge in [0.15, 0.2) is 0 Å². The average molecular weight is 281 g/mol. The van der Waals surface area contributed by atoms with E-state index in [4.69, 9.17) is 9.47 Å². The maximum Gasteiger partial charge on any atom is 0.330 e. The van der Waals surface area contributed by atoms with Crippen LogP contribution in [0.15, 0.2) is 12.3 Å². The number of hydrogen-bond acceptors (Lipinski definition) is 7. The molecule has 108 valence electrons. The number of ether oxygens (including phenoxy) is 2. The highest BCUT2D eigenvalue weighted by atomic mass is 16.6. The van der Waals surface area contributed by atoms with E-state index in [2.05, 4.69) is 10.3 Å². The van der Waals surface area contributed by atoms with Gasteiger partial charge in [-0.1, -0.05) is 0 Å². The zero-order valence-corrected chi connectivity index (χ0v) is 11.0. The second-order valence-electron chi connectivity index (χ2n) is 4.40. The molecule has 8 nitrogen and oxygen atoms in total. The fraction of sp³-hybridized carbons (Fsp3) is 0.500. The molecule has 0 unspecified atom stereocenters. The molecule has 8 heteroatoms. The summed E-state index contributed by atoms with van der Waals surface area (Å²) >= 11 is 0. The molecule has 0 spiro atoms. The van der Waals surface area contributed by atoms with E-state index in [0.29, 0.717) is 12.8 Å². The molecule has 2 heterocycles. The SMILES string of the molecule is COc1cc(OC(=O)C2CCNCC2)c([N+](=O)[O-])cn1. The summed E-state index contributed by atoms with van der Waals surface area (Å²) in [5.41, 5.74) is -0.354. The highest BCUT2D eigenvalue weighted by molar-refractivity contribution is 5.76. The summed E-state index contributed by atoms with van der Waals surface area (Å²) in [6, 6.07) is 1.25. The fourth-order valence-corrected chi connectivity index (χ4v) is 1.99. The number of methoxy groups -OCH3 is 1. The van der Waals surface area contributed by atoms with Crippen molar-refractivity contribution in [2.45, 2.75) is 12.8 Å². The lowest BCUT2D eigenvalue weighted by atomic mass is 9.98. The van der Waals surface area contributed by atoms with Crippen LogP contribution in [0.5, 0.6) is 11.6 Å². The van der Waals surface area contributed by atoms with E-state index < -0.39 is 10.9 Å². The van der Waals surface area contributed by atoms with Crippen molar-refractivity contribution in [1.82, 2.24) is 10.3 Å². The maximum absolute atomic E-state index is 12.0. The number of pyridine rings is 1. The highest BCUT2D eigenvalue weighted by Crippen LogP contribution is 2.30. The van der Waals surface area contributed by atoms with Crippen molar-refractivity contribution >= 4 is 11.7 Å². The number of piperidine rings is 1. The van der Waals surface area contributed by atoms with Crippen molar-refractivity contribution < 1.29 is 19.2 Å². The molecule has 20 heavy (non-hydrogen) atoms. The van der Waals surface area contributed by atoms with E-state index in [9.17, 15) is 14.9 Å². The van der Waals surface area contributed by atoms with Gasteiger partial charge in [0.1, 0.15) is 6.20 Å². The van der Waals surface area contributed by atoms with Crippen LogP contribution in [-0.2, 0) is 4.79 Å². The Hall–Kier alpha value is -2.22. The van der Waals surface area contributed by atoms with Crippen molar-refractivity contribution in [2.24, 2.45) is 5.92 Å². The number of rotatable bonds is 4. The summed E-state index contributed by atoms with van der Waals surface area (Å²) in [5, 5.41) is 14.0. The van der Waals surface area contributed by atoms with Gasteiger partial charge in [0.2, 0.25) is 11.6 Å². The number of nitro groups is 1. The van der Waals surface area contributed by atoms with Crippen LogP contribution in [-0.4, -0.2) is 36.1 Å². The first-order chi connectivity index (χ1) is 9.61. The van der Waals surface area contributed by atoms with Gasteiger partial charge in [0, 0.05) is 0 Å². The summed E-state index contributed by atoms with van der Waals surface area (Å²) in [7, 11) is 1.38. The maximum atomic E-state index is 12.0. The molecule has 1 saturated heterocycles. The quantitative estimate of drug-likeness (QED) is 0.496. The van der Waals surface area contributed by atoms with Gasteiger partial charge >= 0.3 is 11.7 Å². The van der Waals surface area contributed by atoms with Gasteiger partial charge in [0.05, 0.1) is 24.0 Å². The van der Waals surface area contributed by atoms with Crippen LogP contribution < -0.4 is 14.8 Å². The van der Waals surface area contributed by atoms with Crippen LogP contribution in [0, 0.1) is 16.0 Å². The van der Waals surface area contributed by atoms with E-state index in [1.54, 1.807) is 0 Å². The molecule has 1 aromatic heterocycles. The molecule has 0 aliphatic carbocycles. The molecule has 0 bridgehead atoms. The van der Waals surface area contributed by atoms with Crippen molar-refractivity contribution in [3.05, 3.63) is 22.4 Å². The summed E-state index contributed by atoms with van der Waals surface area (Å²) in [5.74, 6) is -0.674. The summed E-state index contributed by atoms with van der Waals surface area (Å²) in [4.78, 5) is 26.0. The molecule has 0 atom stereocenters. The molecule has 1 aromatic rings. The molecule has 0 amide bonds.